The van der Waals surface area contributed by atoms with Crippen molar-refractivity contribution in [2.24, 2.45) is 0 Å². The molecule has 0 radical (unpaired) electrons. The lowest BCUT2D eigenvalue weighted by Crippen LogP contribution is -2.44. The highest BCUT2D eigenvalue weighted by Crippen LogP contribution is 2.28. The molecule has 1 atom stereocenters. The summed E-state index contributed by atoms with van der Waals surface area (Å²) in [6, 6.07) is 24.5. The predicted octanol–water partition coefficient (Wildman–Crippen LogP) is 3.53. The fourth-order valence-electron chi connectivity index (χ4n) is 3.63. The third kappa shape index (κ3) is 4.00. The molecule has 0 spiro atoms. The van der Waals surface area contributed by atoms with Gasteiger partial charge in [0.05, 0.1) is 11.4 Å². The van der Waals surface area contributed by atoms with Crippen LogP contribution < -0.4 is 0 Å². The number of carbonyl (C=O) groups excluding carboxylic acids is 1. The van der Waals surface area contributed by atoms with Crippen molar-refractivity contribution in [1.29, 1.82) is 0 Å². The molecule has 7 heteroatoms. The van der Waals surface area contributed by atoms with E-state index in [-0.39, 0.29) is 24.4 Å². The minimum atomic E-state index is -3.96. The molecule has 1 amide bonds. The van der Waals surface area contributed by atoms with Gasteiger partial charge in [-0.3, -0.25) is 10.0 Å². The second-order valence-electron chi connectivity index (χ2n) is 7.19. The zero-order valence-corrected chi connectivity index (χ0v) is 17.1. The summed E-state index contributed by atoms with van der Waals surface area (Å²) in [6.07, 6.45) is 0.240. The van der Waals surface area contributed by atoms with Crippen LogP contribution in [-0.4, -0.2) is 41.5 Å². The van der Waals surface area contributed by atoms with Crippen molar-refractivity contribution in [2.45, 2.75) is 23.9 Å². The number of sulfonamides is 1. The fraction of sp³-hybridized carbons (Fsp3) is 0.174. The highest BCUT2D eigenvalue weighted by atomic mass is 32.2. The number of benzene rings is 3. The lowest BCUT2D eigenvalue weighted by molar-refractivity contribution is -0.159. The minimum absolute atomic E-state index is 0.0495. The van der Waals surface area contributed by atoms with Crippen molar-refractivity contribution in [3.05, 3.63) is 90.5 Å². The van der Waals surface area contributed by atoms with Gasteiger partial charge < -0.3 is 0 Å². The maximum absolute atomic E-state index is 13.5. The van der Waals surface area contributed by atoms with Crippen LogP contribution in [0.1, 0.15) is 12.0 Å². The number of carbonyl (C=O) groups is 1. The molecule has 1 saturated heterocycles. The summed E-state index contributed by atoms with van der Waals surface area (Å²) < 4.78 is 28.2. The zero-order valence-electron chi connectivity index (χ0n) is 16.3. The number of hydrogen-bond acceptors (Lipinski definition) is 4. The Morgan fingerprint density at radius 3 is 2.00 bits per heavy atom. The van der Waals surface area contributed by atoms with Crippen molar-refractivity contribution >= 4 is 15.9 Å². The molecule has 1 N–H and O–H groups in total. The number of amides is 1. The van der Waals surface area contributed by atoms with Crippen molar-refractivity contribution in [1.82, 2.24) is 9.37 Å². The molecule has 6 nitrogen and oxygen atoms in total. The van der Waals surface area contributed by atoms with Crippen LogP contribution in [0.2, 0.25) is 0 Å². The molecule has 30 heavy (non-hydrogen) atoms. The first-order chi connectivity index (χ1) is 14.5. The Kier molecular flexibility index (Phi) is 5.67. The van der Waals surface area contributed by atoms with E-state index in [1.54, 1.807) is 24.3 Å². The van der Waals surface area contributed by atoms with E-state index in [9.17, 15) is 18.4 Å². The van der Waals surface area contributed by atoms with E-state index < -0.39 is 22.0 Å². The number of nitrogens with zero attached hydrogens (tertiary/aromatic N) is 2. The highest BCUT2D eigenvalue weighted by Gasteiger charge is 2.41. The highest BCUT2D eigenvalue weighted by molar-refractivity contribution is 7.89. The van der Waals surface area contributed by atoms with E-state index >= 15 is 0 Å². The van der Waals surface area contributed by atoms with Crippen LogP contribution in [0.4, 0.5) is 0 Å². The van der Waals surface area contributed by atoms with Gasteiger partial charge >= 0.3 is 0 Å². The van der Waals surface area contributed by atoms with Crippen LogP contribution in [0, 0.1) is 0 Å². The summed E-state index contributed by atoms with van der Waals surface area (Å²) in [6.45, 7) is 0.158. The molecule has 0 aliphatic carbocycles. The maximum atomic E-state index is 13.5. The van der Waals surface area contributed by atoms with Crippen LogP contribution >= 0.6 is 0 Å². The van der Waals surface area contributed by atoms with Crippen LogP contribution in [0.15, 0.2) is 89.8 Å². The van der Waals surface area contributed by atoms with Crippen LogP contribution in [-0.2, 0) is 21.4 Å². The largest absolute Gasteiger partial charge is 0.286 e. The summed E-state index contributed by atoms with van der Waals surface area (Å²) in [5.41, 5.74) is 2.67. The predicted molar refractivity (Wildman–Crippen MR) is 113 cm³/mol. The Hall–Kier alpha value is -3.00. The van der Waals surface area contributed by atoms with Gasteiger partial charge in [0.25, 0.3) is 5.91 Å². The SMILES string of the molecule is O=C1C(N(Cc2ccccc2)S(=O)(=O)c2ccc(-c3ccccc3)cc2)CCN1O. The fourth-order valence-corrected chi connectivity index (χ4v) is 5.23. The second kappa shape index (κ2) is 8.39. The maximum Gasteiger partial charge on any atom is 0.264 e. The van der Waals surface area contributed by atoms with Gasteiger partial charge in [-0.2, -0.15) is 4.31 Å². The van der Waals surface area contributed by atoms with Crippen molar-refractivity contribution in [3.8, 4) is 11.1 Å². The van der Waals surface area contributed by atoms with Gasteiger partial charge in [0.15, 0.2) is 0 Å². The molecule has 3 aromatic carbocycles. The summed E-state index contributed by atoms with van der Waals surface area (Å²) in [4.78, 5) is 12.5. The number of hydrogen-bond donors (Lipinski definition) is 1. The van der Waals surface area contributed by atoms with E-state index in [0.717, 1.165) is 16.7 Å². The van der Waals surface area contributed by atoms with Gasteiger partial charge in [-0.25, -0.2) is 13.5 Å². The third-order valence-electron chi connectivity index (χ3n) is 5.25. The van der Waals surface area contributed by atoms with Crippen molar-refractivity contribution in [3.63, 3.8) is 0 Å². The zero-order chi connectivity index (χ0) is 21.1. The van der Waals surface area contributed by atoms with Gasteiger partial charge in [0.1, 0.15) is 6.04 Å². The first-order valence-corrected chi connectivity index (χ1v) is 11.1. The molecule has 0 aromatic heterocycles. The lowest BCUT2D eigenvalue weighted by Gasteiger charge is -2.27. The Labute approximate surface area is 176 Å². The molecule has 1 unspecified atom stereocenters. The molecule has 3 aromatic rings. The Morgan fingerprint density at radius 2 is 1.43 bits per heavy atom. The summed E-state index contributed by atoms with van der Waals surface area (Å²) >= 11 is 0. The topological polar surface area (TPSA) is 77.9 Å². The minimum Gasteiger partial charge on any atom is -0.286 e. The number of hydroxylamine groups is 2. The molecule has 0 bridgehead atoms. The molecular weight excluding hydrogens is 400 g/mol. The molecule has 154 valence electrons. The lowest BCUT2D eigenvalue weighted by atomic mass is 10.1. The second-order valence-corrected chi connectivity index (χ2v) is 9.08. The van der Waals surface area contributed by atoms with Crippen molar-refractivity contribution < 1.29 is 18.4 Å². The average molecular weight is 423 g/mol. The normalized spacial score (nSPS) is 16.9. The van der Waals surface area contributed by atoms with Crippen LogP contribution in [0.3, 0.4) is 0 Å². The Bertz CT molecular complexity index is 1120. The van der Waals surface area contributed by atoms with Crippen LogP contribution in [0.25, 0.3) is 11.1 Å². The first-order valence-electron chi connectivity index (χ1n) is 9.68. The molecule has 1 heterocycles. The first kappa shape index (κ1) is 20.3. The van der Waals surface area contributed by atoms with Gasteiger partial charge in [-0.1, -0.05) is 72.8 Å². The smallest absolute Gasteiger partial charge is 0.264 e. The van der Waals surface area contributed by atoms with Crippen molar-refractivity contribution in [2.75, 3.05) is 6.54 Å². The number of rotatable bonds is 6. The molecule has 1 aliphatic rings. The third-order valence-corrected chi connectivity index (χ3v) is 7.12. The summed E-state index contributed by atoms with van der Waals surface area (Å²) in [7, 11) is -3.96. The van der Waals surface area contributed by atoms with E-state index in [4.69, 9.17) is 0 Å². The van der Waals surface area contributed by atoms with Gasteiger partial charge in [0.2, 0.25) is 10.0 Å². The Morgan fingerprint density at radius 1 is 0.867 bits per heavy atom. The molecule has 1 fully saturated rings. The van der Waals surface area contributed by atoms with Gasteiger partial charge in [-0.05, 0) is 35.2 Å². The monoisotopic (exact) mass is 422 g/mol. The quantitative estimate of drug-likeness (QED) is 0.617. The van der Waals surface area contributed by atoms with E-state index in [1.807, 2.05) is 60.7 Å². The molecule has 1 aliphatic heterocycles. The average Bonchev–Trinajstić information content (AvgIpc) is 3.11. The van der Waals surface area contributed by atoms with E-state index in [2.05, 4.69) is 0 Å². The molecule has 4 rings (SSSR count). The Balaban J connectivity index is 1.69. The van der Waals surface area contributed by atoms with Crippen LogP contribution in [0.5, 0.6) is 0 Å². The molecular formula is C23H22N2O4S. The summed E-state index contributed by atoms with van der Waals surface area (Å²) in [5, 5.41) is 10.3. The van der Waals surface area contributed by atoms with E-state index in [0.29, 0.717) is 5.06 Å². The standard InChI is InChI=1S/C23H22N2O4S/c26-23-22(15-16-24(23)27)25(17-18-7-3-1-4-8-18)30(28,29)21-13-11-20(12-14-21)19-9-5-2-6-10-19/h1-14,22,27H,15-17H2. The van der Waals surface area contributed by atoms with E-state index in [1.165, 1.54) is 4.31 Å². The molecule has 0 saturated carbocycles. The van der Waals surface area contributed by atoms with Gasteiger partial charge in [0, 0.05) is 6.54 Å². The summed E-state index contributed by atoms with van der Waals surface area (Å²) in [5.74, 6) is -0.601. The van der Waals surface area contributed by atoms with Gasteiger partial charge in [-0.15, -0.1) is 0 Å².